The van der Waals surface area contributed by atoms with Crippen LogP contribution < -0.4 is 0 Å². The summed E-state index contributed by atoms with van der Waals surface area (Å²) in [5.41, 5.74) is 1.22. The first kappa shape index (κ1) is 22.7. The second kappa shape index (κ2) is 9.87. The van der Waals surface area contributed by atoms with Crippen LogP contribution >= 0.6 is 0 Å². The highest BCUT2D eigenvalue weighted by molar-refractivity contribution is 7.88. The van der Waals surface area contributed by atoms with Gasteiger partial charge in [0.05, 0.1) is 12.5 Å². The summed E-state index contributed by atoms with van der Waals surface area (Å²) in [6.07, 6.45) is 8.36. The SMILES string of the molecule is CC(C)n1cc(CN(C)CCN(C2CCOCC2)C2CCN(S(C)(=O)=O)C2)cn1. The van der Waals surface area contributed by atoms with Gasteiger partial charge < -0.3 is 9.64 Å². The van der Waals surface area contributed by atoms with Crippen molar-refractivity contribution in [3.63, 3.8) is 0 Å². The molecule has 0 aromatic carbocycles. The highest BCUT2D eigenvalue weighted by atomic mass is 32.2. The van der Waals surface area contributed by atoms with E-state index in [2.05, 4.69) is 42.0 Å². The molecule has 0 amide bonds. The molecule has 1 unspecified atom stereocenters. The van der Waals surface area contributed by atoms with Gasteiger partial charge in [-0.1, -0.05) is 0 Å². The van der Waals surface area contributed by atoms with Gasteiger partial charge in [0.2, 0.25) is 10.0 Å². The van der Waals surface area contributed by atoms with Gasteiger partial charge in [-0.15, -0.1) is 0 Å². The number of nitrogens with zero attached hydrogens (tertiary/aromatic N) is 5. The van der Waals surface area contributed by atoms with E-state index >= 15 is 0 Å². The first-order valence-electron chi connectivity index (χ1n) is 10.7. The zero-order chi connectivity index (χ0) is 21.0. The van der Waals surface area contributed by atoms with Gasteiger partial charge in [0.25, 0.3) is 0 Å². The molecule has 1 aromatic rings. The highest BCUT2D eigenvalue weighted by Crippen LogP contribution is 2.24. The van der Waals surface area contributed by atoms with Crippen LogP contribution in [-0.4, -0.2) is 97.1 Å². The van der Waals surface area contributed by atoms with Crippen LogP contribution in [0.3, 0.4) is 0 Å². The van der Waals surface area contributed by atoms with Crippen LogP contribution in [0, 0.1) is 0 Å². The lowest BCUT2D eigenvalue weighted by atomic mass is 10.0. The van der Waals surface area contributed by atoms with Crippen molar-refractivity contribution in [3.05, 3.63) is 18.0 Å². The van der Waals surface area contributed by atoms with Crippen LogP contribution in [0.1, 0.15) is 44.7 Å². The van der Waals surface area contributed by atoms with E-state index in [1.807, 2.05) is 10.9 Å². The minimum atomic E-state index is -3.11. The van der Waals surface area contributed by atoms with Crippen LogP contribution in [0.5, 0.6) is 0 Å². The van der Waals surface area contributed by atoms with Crippen molar-refractivity contribution in [2.45, 2.75) is 57.8 Å². The summed E-state index contributed by atoms with van der Waals surface area (Å²) in [6, 6.07) is 1.15. The molecule has 29 heavy (non-hydrogen) atoms. The first-order chi connectivity index (χ1) is 13.7. The van der Waals surface area contributed by atoms with Crippen LogP contribution in [0.25, 0.3) is 0 Å². The van der Waals surface area contributed by atoms with Crippen LogP contribution in [0.2, 0.25) is 0 Å². The molecule has 2 fully saturated rings. The minimum Gasteiger partial charge on any atom is -0.381 e. The normalized spacial score (nSPS) is 22.4. The molecule has 0 radical (unpaired) electrons. The Bertz CT molecular complexity index is 745. The monoisotopic (exact) mass is 427 g/mol. The Kier molecular flexibility index (Phi) is 7.72. The zero-order valence-corrected chi connectivity index (χ0v) is 19.1. The summed E-state index contributed by atoms with van der Waals surface area (Å²) in [7, 11) is -0.969. The Balaban J connectivity index is 1.59. The van der Waals surface area contributed by atoms with Gasteiger partial charge in [0.15, 0.2) is 0 Å². The lowest BCUT2D eigenvalue weighted by molar-refractivity contribution is 0.0156. The van der Waals surface area contributed by atoms with Crippen molar-refractivity contribution < 1.29 is 13.2 Å². The first-order valence-corrected chi connectivity index (χ1v) is 12.6. The molecule has 0 N–H and O–H groups in total. The fourth-order valence-corrected chi connectivity index (χ4v) is 5.26. The number of rotatable bonds is 9. The van der Waals surface area contributed by atoms with Crippen molar-refractivity contribution in [1.82, 2.24) is 23.9 Å². The maximum Gasteiger partial charge on any atom is 0.211 e. The fraction of sp³-hybridized carbons (Fsp3) is 0.850. The summed E-state index contributed by atoms with van der Waals surface area (Å²) >= 11 is 0. The molecule has 1 atom stereocenters. The number of likely N-dealkylation sites (N-methyl/N-ethyl adjacent to an activating group) is 1. The van der Waals surface area contributed by atoms with Gasteiger partial charge in [-0.2, -0.15) is 5.10 Å². The maximum atomic E-state index is 12.0. The second-order valence-electron chi connectivity index (χ2n) is 8.81. The van der Waals surface area contributed by atoms with Crippen molar-refractivity contribution >= 4 is 10.0 Å². The molecule has 2 aliphatic heterocycles. The number of ether oxygens (including phenoxy) is 1. The third-order valence-electron chi connectivity index (χ3n) is 6.10. The average molecular weight is 428 g/mol. The van der Waals surface area contributed by atoms with Gasteiger partial charge in [-0.05, 0) is 40.2 Å². The van der Waals surface area contributed by atoms with E-state index in [1.54, 1.807) is 4.31 Å². The topological polar surface area (TPSA) is 70.9 Å². The summed E-state index contributed by atoms with van der Waals surface area (Å²) in [4.78, 5) is 4.89. The Morgan fingerprint density at radius 2 is 1.93 bits per heavy atom. The fourth-order valence-electron chi connectivity index (χ4n) is 4.38. The van der Waals surface area contributed by atoms with Crippen LogP contribution in [0.15, 0.2) is 12.4 Å². The molecule has 0 spiro atoms. The largest absolute Gasteiger partial charge is 0.381 e. The average Bonchev–Trinajstić information content (AvgIpc) is 3.32. The van der Waals surface area contributed by atoms with E-state index in [4.69, 9.17) is 4.74 Å². The third-order valence-corrected chi connectivity index (χ3v) is 7.37. The van der Waals surface area contributed by atoms with E-state index in [9.17, 15) is 8.42 Å². The Hall–Kier alpha value is -1.00. The van der Waals surface area contributed by atoms with Gasteiger partial charge in [-0.25, -0.2) is 12.7 Å². The zero-order valence-electron chi connectivity index (χ0n) is 18.3. The van der Waals surface area contributed by atoms with Crippen molar-refractivity contribution in [2.75, 3.05) is 52.7 Å². The molecule has 0 aliphatic carbocycles. The second-order valence-corrected chi connectivity index (χ2v) is 10.8. The summed E-state index contributed by atoms with van der Waals surface area (Å²) < 4.78 is 33.1. The molecule has 9 heteroatoms. The molecule has 0 saturated carbocycles. The van der Waals surface area contributed by atoms with Gasteiger partial charge >= 0.3 is 0 Å². The molecular formula is C20H37N5O3S. The predicted octanol–water partition coefficient (Wildman–Crippen LogP) is 1.41. The lowest BCUT2D eigenvalue weighted by Crippen LogP contribution is -2.49. The van der Waals surface area contributed by atoms with Gasteiger partial charge in [0.1, 0.15) is 0 Å². The van der Waals surface area contributed by atoms with Gasteiger partial charge in [-0.3, -0.25) is 9.58 Å². The smallest absolute Gasteiger partial charge is 0.211 e. The highest BCUT2D eigenvalue weighted by Gasteiger charge is 2.35. The molecule has 2 aliphatic rings. The number of hydrogen-bond donors (Lipinski definition) is 0. The quantitative estimate of drug-likeness (QED) is 0.593. The van der Waals surface area contributed by atoms with Gasteiger partial charge in [0, 0.05) is 75.8 Å². The molecule has 3 rings (SSSR count). The standard InChI is InChI=1S/C20H37N5O3S/c1-17(2)25-15-18(13-21-25)14-22(3)9-10-24(19-6-11-28-12-7-19)20-5-8-23(16-20)29(4,26)27/h13,15,17,19-20H,5-12,14,16H2,1-4H3. The molecular weight excluding hydrogens is 390 g/mol. The Morgan fingerprint density at radius 3 is 2.52 bits per heavy atom. The Morgan fingerprint density at radius 1 is 1.21 bits per heavy atom. The van der Waals surface area contributed by atoms with E-state index in [0.29, 0.717) is 31.2 Å². The molecule has 2 saturated heterocycles. The third kappa shape index (κ3) is 6.24. The summed E-state index contributed by atoms with van der Waals surface area (Å²) in [5, 5.41) is 4.44. The van der Waals surface area contributed by atoms with Crippen LogP contribution in [0.4, 0.5) is 0 Å². The molecule has 1 aromatic heterocycles. The maximum absolute atomic E-state index is 12.0. The number of sulfonamides is 1. The van der Waals surface area contributed by atoms with E-state index in [0.717, 1.165) is 52.1 Å². The van der Waals surface area contributed by atoms with E-state index < -0.39 is 10.0 Å². The van der Waals surface area contributed by atoms with E-state index in [1.165, 1.54) is 11.8 Å². The summed E-state index contributed by atoms with van der Waals surface area (Å²) in [5.74, 6) is 0. The van der Waals surface area contributed by atoms with E-state index in [-0.39, 0.29) is 0 Å². The van der Waals surface area contributed by atoms with Crippen LogP contribution in [-0.2, 0) is 21.3 Å². The molecule has 166 valence electrons. The van der Waals surface area contributed by atoms with Crippen molar-refractivity contribution in [1.29, 1.82) is 0 Å². The summed E-state index contributed by atoms with van der Waals surface area (Å²) in [6.45, 7) is 9.87. The Labute approximate surface area is 175 Å². The van der Waals surface area contributed by atoms with Crippen molar-refractivity contribution in [3.8, 4) is 0 Å². The minimum absolute atomic E-state index is 0.296. The van der Waals surface area contributed by atoms with Crippen molar-refractivity contribution in [2.24, 2.45) is 0 Å². The molecule has 8 nitrogen and oxygen atoms in total. The lowest BCUT2D eigenvalue weighted by Gasteiger charge is -2.39. The molecule has 3 heterocycles. The molecule has 0 bridgehead atoms. The number of aromatic nitrogens is 2. The number of hydrogen-bond acceptors (Lipinski definition) is 6. The predicted molar refractivity (Wildman–Crippen MR) is 114 cm³/mol.